The van der Waals surface area contributed by atoms with Gasteiger partial charge < -0.3 is 4.42 Å². The Morgan fingerprint density at radius 1 is 1.26 bits per heavy atom. The van der Waals surface area contributed by atoms with Crippen LogP contribution in [0.2, 0.25) is 0 Å². The number of nitrogens with zero attached hydrogens (tertiary/aromatic N) is 2. The number of rotatable bonds is 3. The van der Waals surface area contributed by atoms with Gasteiger partial charge in [0, 0.05) is 0 Å². The number of hydrogen-bond donors (Lipinski definition) is 1. The summed E-state index contributed by atoms with van der Waals surface area (Å²) in [7, 11) is 0. The highest BCUT2D eigenvalue weighted by Gasteiger charge is 2.13. The zero-order valence-electron chi connectivity index (χ0n) is 10.5. The highest BCUT2D eigenvalue weighted by atomic mass is 32.1. The molecule has 1 N–H and O–H groups in total. The van der Waals surface area contributed by atoms with E-state index in [1.165, 1.54) is 5.56 Å². The predicted octanol–water partition coefficient (Wildman–Crippen LogP) is 3.56. The molecular weight excluding hydrogens is 258 g/mol. The minimum atomic E-state index is 0.611. The van der Waals surface area contributed by atoms with Crippen LogP contribution in [0.15, 0.2) is 47.1 Å². The molecule has 2 aromatic heterocycles. The van der Waals surface area contributed by atoms with Crippen LogP contribution >= 0.6 is 12.2 Å². The van der Waals surface area contributed by atoms with E-state index in [-0.39, 0.29) is 0 Å². The van der Waals surface area contributed by atoms with Gasteiger partial charge in [-0.15, -0.1) is 0 Å². The van der Waals surface area contributed by atoms with Gasteiger partial charge in [0.1, 0.15) is 5.76 Å². The van der Waals surface area contributed by atoms with Gasteiger partial charge in [-0.2, -0.15) is 5.10 Å². The van der Waals surface area contributed by atoms with Crippen LogP contribution in [0.5, 0.6) is 0 Å². The number of aryl methyl sites for hydroxylation is 1. The molecule has 19 heavy (non-hydrogen) atoms. The van der Waals surface area contributed by atoms with Crippen molar-refractivity contribution in [3.8, 4) is 11.4 Å². The predicted molar refractivity (Wildman–Crippen MR) is 75.4 cm³/mol. The van der Waals surface area contributed by atoms with Gasteiger partial charge in [0.05, 0.1) is 18.4 Å². The maximum atomic E-state index is 5.33. The lowest BCUT2D eigenvalue weighted by atomic mass is 10.2. The first kappa shape index (κ1) is 11.9. The molecule has 0 bridgehead atoms. The van der Waals surface area contributed by atoms with Crippen molar-refractivity contribution in [1.29, 1.82) is 0 Å². The molecule has 0 aliphatic rings. The summed E-state index contributed by atoms with van der Waals surface area (Å²) in [4.78, 5) is 0. The normalized spacial score (nSPS) is 10.8. The summed E-state index contributed by atoms with van der Waals surface area (Å²) in [5, 5.41) is 7.15. The van der Waals surface area contributed by atoms with Crippen LogP contribution in [0.3, 0.4) is 0 Å². The van der Waals surface area contributed by atoms with Crippen molar-refractivity contribution in [2.24, 2.45) is 0 Å². The SMILES string of the molecule is Cc1occc1-c1n[nH]c(=S)n1Cc1ccccc1. The maximum absolute atomic E-state index is 5.33. The lowest BCUT2D eigenvalue weighted by molar-refractivity contribution is 0.534. The van der Waals surface area contributed by atoms with Crippen LogP contribution in [0.1, 0.15) is 11.3 Å². The monoisotopic (exact) mass is 271 g/mol. The number of benzene rings is 1. The van der Waals surface area contributed by atoms with E-state index in [0.29, 0.717) is 11.3 Å². The third-order valence-corrected chi connectivity index (χ3v) is 3.35. The third kappa shape index (κ3) is 2.24. The van der Waals surface area contributed by atoms with Gasteiger partial charge >= 0.3 is 0 Å². The van der Waals surface area contributed by atoms with Crippen molar-refractivity contribution in [1.82, 2.24) is 14.8 Å². The first-order chi connectivity index (χ1) is 9.25. The Labute approximate surface area is 115 Å². The van der Waals surface area contributed by atoms with Crippen LogP contribution in [-0.2, 0) is 6.54 Å². The first-order valence-electron chi connectivity index (χ1n) is 5.99. The molecule has 0 aliphatic carbocycles. The lowest BCUT2D eigenvalue weighted by Gasteiger charge is -2.06. The first-order valence-corrected chi connectivity index (χ1v) is 6.40. The molecule has 0 amide bonds. The second-order valence-electron chi connectivity index (χ2n) is 4.31. The minimum absolute atomic E-state index is 0.611. The maximum Gasteiger partial charge on any atom is 0.195 e. The van der Waals surface area contributed by atoms with E-state index >= 15 is 0 Å². The van der Waals surface area contributed by atoms with E-state index in [1.54, 1.807) is 6.26 Å². The molecule has 0 saturated heterocycles. The number of nitrogens with one attached hydrogen (secondary N) is 1. The molecule has 4 nitrogen and oxygen atoms in total. The summed E-state index contributed by atoms with van der Waals surface area (Å²) >= 11 is 5.30. The Kier molecular flexibility index (Phi) is 3.05. The van der Waals surface area contributed by atoms with Crippen LogP contribution in [0.25, 0.3) is 11.4 Å². The van der Waals surface area contributed by atoms with Crippen molar-refractivity contribution >= 4 is 12.2 Å². The van der Waals surface area contributed by atoms with Gasteiger partial charge in [-0.05, 0) is 30.8 Å². The van der Waals surface area contributed by atoms with Crippen molar-refractivity contribution in [2.75, 3.05) is 0 Å². The Morgan fingerprint density at radius 2 is 2.05 bits per heavy atom. The second kappa shape index (κ2) is 4.85. The number of aromatic amines is 1. The second-order valence-corrected chi connectivity index (χ2v) is 4.70. The minimum Gasteiger partial charge on any atom is -0.469 e. The number of furan rings is 1. The van der Waals surface area contributed by atoms with E-state index in [0.717, 1.165) is 17.1 Å². The quantitative estimate of drug-likeness (QED) is 0.741. The summed E-state index contributed by atoms with van der Waals surface area (Å²) in [6.45, 7) is 2.61. The summed E-state index contributed by atoms with van der Waals surface area (Å²) in [5.41, 5.74) is 2.14. The van der Waals surface area contributed by atoms with E-state index in [1.807, 2.05) is 35.8 Å². The van der Waals surface area contributed by atoms with Crippen molar-refractivity contribution < 1.29 is 4.42 Å². The summed E-state index contributed by atoms with van der Waals surface area (Å²) in [6.07, 6.45) is 1.66. The molecule has 2 heterocycles. The summed E-state index contributed by atoms with van der Waals surface area (Å²) in [5.74, 6) is 1.64. The Hall–Kier alpha value is -2.14. The fourth-order valence-electron chi connectivity index (χ4n) is 2.05. The van der Waals surface area contributed by atoms with Gasteiger partial charge in [0.25, 0.3) is 0 Å². The molecule has 5 heteroatoms. The Morgan fingerprint density at radius 3 is 2.74 bits per heavy atom. The largest absolute Gasteiger partial charge is 0.469 e. The molecule has 3 rings (SSSR count). The van der Waals surface area contributed by atoms with Crippen LogP contribution < -0.4 is 0 Å². The van der Waals surface area contributed by atoms with E-state index < -0.39 is 0 Å². The number of H-pyrrole nitrogens is 1. The number of aromatic nitrogens is 3. The smallest absolute Gasteiger partial charge is 0.195 e. The highest BCUT2D eigenvalue weighted by Crippen LogP contribution is 2.23. The zero-order chi connectivity index (χ0) is 13.2. The molecule has 0 aliphatic heterocycles. The molecule has 1 aromatic carbocycles. The van der Waals surface area contributed by atoms with E-state index in [4.69, 9.17) is 16.6 Å². The Balaban J connectivity index is 2.05. The molecule has 3 aromatic rings. The molecule has 96 valence electrons. The van der Waals surface area contributed by atoms with Gasteiger partial charge in [0.15, 0.2) is 10.6 Å². The van der Waals surface area contributed by atoms with E-state index in [2.05, 4.69) is 22.3 Å². The third-order valence-electron chi connectivity index (χ3n) is 3.04. The van der Waals surface area contributed by atoms with Crippen LogP contribution in [0, 0.1) is 11.7 Å². The summed E-state index contributed by atoms with van der Waals surface area (Å²) in [6, 6.07) is 12.1. The average molecular weight is 271 g/mol. The fraction of sp³-hybridized carbons (Fsp3) is 0.143. The Bertz CT molecular complexity index is 739. The van der Waals surface area contributed by atoms with Gasteiger partial charge in [-0.25, -0.2) is 0 Å². The van der Waals surface area contributed by atoms with E-state index in [9.17, 15) is 0 Å². The molecule has 0 saturated carbocycles. The van der Waals surface area contributed by atoms with Crippen molar-refractivity contribution in [3.05, 3.63) is 58.8 Å². The van der Waals surface area contributed by atoms with Crippen LogP contribution in [0.4, 0.5) is 0 Å². The molecule has 0 atom stereocenters. The molecular formula is C14H13N3OS. The van der Waals surface area contributed by atoms with Gasteiger partial charge in [-0.1, -0.05) is 30.3 Å². The molecule has 0 spiro atoms. The highest BCUT2D eigenvalue weighted by molar-refractivity contribution is 7.71. The number of hydrogen-bond acceptors (Lipinski definition) is 3. The standard InChI is InChI=1S/C14H13N3OS/c1-10-12(7-8-18-10)13-15-16-14(19)17(13)9-11-5-3-2-4-6-11/h2-8H,9H2,1H3,(H,16,19). The topological polar surface area (TPSA) is 46.8 Å². The molecule has 0 unspecified atom stereocenters. The fourth-order valence-corrected chi connectivity index (χ4v) is 2.25. The van der Waals surface area contributed by atoms with Crippen molar-refractivity contribution in [2.45, 2.75) is 13.5 Å². The van der Waals surface area contributed by atoms with Gasteiger partial charge in [-0.3, -0.25) is 9.67 Å². The molecule has 0 radical (unpaired) electrons. The molecule has 0 fully saturated rings. The average Bonchev–Trinajstić information content (AvgIpc) is 2.99. The zero-order valence-corrected chi connectivity index (χ0v) is 11.3. The van der Waals surface area contributed by atoms with Gasteiger partial charge in [0.2, 0.25) is 0 Å². The summed E-state index contributed by atoms with van der Waals surface area (Å²) < 4.78 is 7.92. The van der Waals surface area contributed by atoms with Crippen LogP contribution in [-0.4, -0.2) is 14.8 Å². The van der Waals surface area contributed by atoms with Crippen molar-refractivity contribution in [3.63, 3.8) is 0 Å². The lowest BCUT2D eigenvalue weighted by Crippen LogP contribution is -2.02.